The second kappa shape index (κ2) is 9.09. The second-order valence-electron chi connectivity index (χ2n) is 7.02. The lowest BCUT2D eigenvalue weighted by Crippen LogP contribution is -2.78. The number of alkyl halides is 26. The Hall–Kier alpha value is -1.82. The molecular formula is C13H2F26. The molecule has 0 saturated heterocycles. The lowest BCUT2D eigenvalue weighted by atomic mass is 9.84. The Labute approximate surface area is 193 Å². The van der Waals surface area contributed by atoms with Crippen LogP contribution in [-0.4, -0.2) is 78.0 Å². The van der Waals surface area contributed by atoms with Gasteiger partial charge in [0.05, 0.1) is 0 Å². The molecule has 0 fully saturated rings. The van der Waals surface area contributed by atoms with E-state index in [1.54, 1.807) is 0 Å². The Balaban J connectivity index is 7.29. The number of hydrogen-bond donors (Lipinski definition) is 0. The molecule has 39 heavy (non-hydrogen) atoms. The molecule has 0 N–H and O–H groups in total. The topological polar surface area (TPSA) is 0 Å². The fraction of sp³-hybridized carbons (Fsp3) is 1.00. The van der Waals surface area contributed by atoms with Crippen LogP contribution in [0, 0.1) is 0 Å². The molecule has 236 valence electrons. The molecule has 0 unspecified atom stereocenters. The molecule has 0 atom stereocenters. The van der Waals surface area contributed by atoms with Crippen LogP contribution in [0.25, 0.3) is 0 Å². The minimum Gasteiger partial charge on any atom is -0.203 e. The first-order valence-corrected chi connectivity index (χ1v) is 8.11. The summed E-state index contributed by atoms with van der Waals surface area (Å²) in [6, 6.07) is 0. The third-order valence-corrected chi connectivity index (χ3v) is 4.54. The van der Waals surface area contributed by atoms with Gasteiger partial charge in [-0.05, 0) is 0 Å². The van der Waals surface area contributed by atoms with Gasteiger partial charge in [-0.25, -0.2) is 17.6 Å². The van der Waals surface area contributed by atoms with Crippen molar-refractivity contribution in [1.82, 2.24) is 0 Å². The molecule has 0 heterocycles. The Morgan fingerprint density at radius 3 is 0.410 bits per heavy atom. The monoisotopic (exact) mass is 652 g/mol. The zero-order valence-electron chi connectivity index (χ0n) is 16.5. The summed E-state index contributed by atoms with van der Waals surface area (Å²) in [6.45, 7) is 0. The summed E-state index contributed by atoms with van der Waals surface area (Å²) >= 11 is 0. The Bertz CT molecular complexity index is 806. The van der Waals surface area contributed by atoms with Crippen molar-refractivity contribution in [1.29, 1.82) is 0 Å². The summed E-state index contributed by atoms with van der Waals surface area (Å²) in [5.41, 5.74) is 0. The summed E-state index contributed by atoms with van der Waals surface area (Å²) < 4.78 is 336. The molecule has 0 aliphatic heterocycles. The summed E-state index contributed by atoms with van der Waals surface area (Å²) in [5.74, 6) is -99.4. The molecule has 0 bridgehead atoms. The normalized spacial score (nSPS) is 16.9. The minimum absolute atomic E-state index is 6.30. The summed E-state index contributed by atoms with van der Waals surface area (Å²) in [7, 11) is 0. The van der Waals surface area contributed by atoms with Crippen molar-refractivity contribution in [3.8, 4) is 0 Å². The highest BCUT2D eigenvalue weighted by molar-refractivity contribution is 5.19. The van der Waals surface area contributed by atoms with Crippen molar-refractivity contribution in [2.24, 2.45) is 0 Å². The van der Waals surface area contributed by atoms with Gasteiger partial charge in [-0.2, -0.15) is 96.6 Å². The minimum atomic E-state index is -9.62. The van der Waals surface area contributed by atoms with Gasteiger partial charge >= 0.3 is 78.0 Å². The first-order chi connectivity index (χ1) is 16.4. The predicted octanol–water partition coefficient (Wildman–Crippen LogP) is 8.50. The van der Waals surface area contributed by atoms with Gasteiger partial charge in [-0.15, -0.1) is 0 Å². The molecule has 0 amide bonds. The SMILES string of the molecule is FC(F)C(F)(F)C(F)(F)C(F)(F)C(F)(F)C(F)(F)C(F)(F)C(F)(F)C(F)(F)C(F)(F)C(F)(F)C(F)(F)C(F)F. The molecule has 0 aromatic carbocycles. The largest absolute Gasteiger partial charge is 0.385 e. The van der Waals surface area contributed by atoms with E-state index in [0.717, 1.165) is 0 Å². The smallest absolute Gasteiger partial charge is 0.203 e. The van der Waals surface area contributed by atoms with E-state index >= 15 is 0 Å². The average molecular weight is 652 g/mol. The third kappa shape index (κ3) is 4.21. The fourth-order valence-corrected chi connectivity index (χ4v) is 2.07. The Kier molecular flexibility index (Phi) is 8.67. The van der Waals surface area contributed by atoms with Gasteiger partial charge in [-0.3, -0.25) is 0 Å². The molecule has 26 heteroatoms. The maximum absolute atomic E-state index is 13.4. The molecule has 0 aliphatic rings. The van der Waals surface area contributed by atoms with E-state index < -0.39 is 78.0 Å². The van der Waals surface area contributed by atoms with Crippen molar-refractivity contribution < 1.29 is 114 Å². The van der Waals surface area contributed by atoms with E-state index in [-0.39, 0.29) is 0 Å². The molecule has 0 aromatic rings. The Morgan fingerprint density at radius 1 is 0.205 bits per heavy atom. The number of hydrogen-bond acceptors (Lipinski definition) is 0. The molecular weight excluding hydrogens is 650 g/mol. The first kappa shape index (κ1) is 37.2. The third-order valence-electron chi connectivity index (χ3n) is 4.54. The second-order valence-corrected chi connectivity index (χ2v) is 7.02. The average Bonchev–Trinajstić information content (AvgIpc) is 2.71. The maximum Gasteiger partial charge on any atom is 0.385 e. The highest BCUT2D eigenvalue weighted by Gasteiger charge is 2.99. The van der Waals surface area contributed by atoms with Gasteiger partial charge < -0.3 is 0 Å². The molecule has 0 rings (SSSR count). The fourth-order valence-electron chi connectivity index (χ4n) is 2.07. The zero-order valence-corrected chi connectivity index (χ0v) is 16.5. The van der Waals surface area contributed by atoms with E-state index in [4.69, 9.17) is 0 Å². The standard InChI is InChI=1S/C13H2F26/c14-1(15)3(18,19)5(22,23)7(26,27)9(30,31)11(34,35)13(38,39)12(36,37)10(32,33)8(28,29)6(24,25)4(20,21)2(16)17/h1-2H. The lowest BCUT2D eigenvalue weighted by Gasteiger charge is -2.45. The Morgan fingerprint density at radius 2 is 0.308 bits per heavy atom. The predicted molar refractivity (Wildman–Crippen MR) is 66.4 cm³/mol. The van der Waals surface area contributed by atoms with Crippen LogP contribution in [0.3, 0.4) is 0 Å². The van der Waals surface area contributed by atoms with Crippen LogP contribution in [0.15, 0.2) is 0 Å². The quantitative estimate of drug-likeness (QED) is 0.186. The highest BCUT2D eigenvalue weighted by atomic mass is 19.4. The van der Waals surface area contributed by atoms with Gasteiger partial charge in [0.15, 0.2) is 0 Å². The molecule has 0 radical (unpaired) electrons. The molecule has 0 aliphatic carbocycles. The van der Waals surface area contributed by atoms with E-state index in [0.29, 0.717) is 0 Å². The van der Waals surface area contributed by atoms with E-state index in [1.165, 1.54) is 0 Å². The zero-order chi connectivity index (χ0) is 32.7. The van der Waals surface area contributed by atoms with Gasteiger partial charge in [0.2, 0.25) is 0 Å². The van der Waals surface area contributed by atoms with Gasteiger partial charge in [0, 0.05) is 0 Å². The molecule has 0 nitrogen and oxygen atoms in total. The number of rotatable bonds is 12. The van der Waals surface area contributed by atoms with Gasteiger partial charge in [0.1, 0.15) is 0 Å². The molecule has 0 saturated carbocycles. The van der Waals surface area contributed by atoms with Gasteiger partial charge in [0.25, 0.3) is 0 Å². The van der Waals surface area contributed by atoms with Crippen LogP contribution in [0.1, 0.15) is 0 Å². The van der Waals surface area contributed by atoms with Crippen molar-refractivity contribution in [3.05, 3.63) is 0 Å². The maximum atomic E-state index is 13.4. The van der Waals surface area contributed by atoms with Crippen molar-refractivity contribution in [2.75, 3.05) is 0 Å². The summed E-state index contributed by atoms with van der Waals surface area (Å²) in [6.07, 6.45) is -12.6. The van der Waals surface area contributed by atoms with Crippen LogP contribution in [0.5, 0.6) is 0 Å². The summed E-state index contributed by atoms with van der Waals surface area (Å²) in [4.78, 5) is 0. The van der Waals surface area contributed by atoms with E-state index in [2.05, 4.69) is 0 Å². The van der Waals surface area contributed by atoms with Crippen molar-refractivity contribution in [2.45, 2.75) is 78.0 Å². The van der Waals surface area contributed by atoms with E-state index in [1.807, 2.05) is 0 Å². The van der Waals surface area contributed by atoms with Crippen LogP contribution < -0.4 is 0 Å². The van der Waals surface area contributed by atoms with E-state index in [9.17, 15) is 114 Å². The van der Waals surface area contributed by atoms with Crippen molar-refractivity contribution in [3.63, 3.8) is 0 Å². The van der Waals surface area contributed by atoms with Crippen LogP contribution in [0.4, 0.5) is 114 Å². The lowest BCUT2D eigenvalue weighted by molar-refractivity contribution is -0.478. The van der Waals surface area contributed by atoms with Crippen LogP contribution in [-0.2, 0) is 0 Å². The molecule has 0 spiro atoms. The first-order valence-electron chi connectivity index (χ1n) is 8.11. The molecule has 0 aromatic heterocycles. The van der Waals surface area contributed by atoms with Gasteiger partial charge in [-0.1, -0.05) is 0 Å². The highest BCUT2D eigenvalue weighted by Crippen LogP contribution is 2.67. The number of halogens is 26. The van der Waals surface area contributed by atoms with Crippen LogP contribution in [0.2, 0.25) is 0 Å². The summed E-state index contributed by atoms with van der Waals surface area (Å²) in [5, 5.41) is 0. The van der Waals surface area contributed by atoms with Crippen LogP contribution >= 0.6 is 0 Å². The van der Waals surface area contributed by atoms with Crippen molar-refractivity contribution >= 4 is 0 Å².